The van der Waals surface area contributed by atoms with Crippen LogP contribution in [0.4, 0.5) is 5.69 Å². The van der Waals surface area contributed by atoms with Gasteiger partial charge in [0.2, 0.25) is 5.91 Å². The fourth-order valence-electron chi connectivity index (χ4n) is 3.82. The Kier molecular flexibility index (Phi) is 6.15. The number of nitrogens with one attached hydrogen (secondary N) is 1. The minimum absolute atomic E-state index is 0.121. The van der Waals surface area contributed by atoms with Crippen LogP contribution in [-0.4, -0.2) is 33.4 Å². The molecule has 4 heterocycles. The van der Waals surface area contributed by atoms with Crippen LogP contribution in [0.25, 0.3) is 21.7 Å². The average Bonchev–Trinajstić information content (AvgIpc) is 3.60. The molecule has 0 spiro atoms. The number of hydrogen-bond acceptors (Lipinski definition) is 7. The van der Waals surface area contributed by atoms with Gasteiger partial charge in [-0.15, -0.1) is 11.3 Å². The number of rotatable bonds is 7. The SMILES string of the molecule is Cc1ccc(-c2cc(C(=O)N(CC(=O)Nc3ccccc3)Cc3ccco3)c3c(C)noc3n2)s1. The Bertz CT molecular complexity index is 1490. The Labute approximate surface area is 205 Å². The van der Waals surface area contributed by atoms with E-state index < -0.39 is 0 Å². The Morgan fingerprint density at radius 2 is 1.89 bits per heavy atom. The molecule has 5 aromatic rings. The lowest BCUT2D eigenvalue weighted by atomic mass is 10.1. The molecule has 1 aromatic carbocycles. The second-order valence-electron chi connectivity index (χ2n) is 8.07. The first-order valence-corrected chi connectivity index (χ1v) is 11.8. The van der Waals surface area contributed by atoms with E-state index in [1.54, 1.807) is 48.6 Å². The van der Waals surface area contributed by atoms with Gasteiger partial charge in [0.1, 0.15) is 12.3 Å². The van der Waals surface area contributed by atoms with Crippen molar-refractivity contribution in [1.29, 1.82) is 0 Å². The van der Waals surface area contributed by atoms with Crippen molar-refractivity contribution in [2.75, 3.05) is 11.9 Å². The lowest BCUT2D eigenvalue weighted by Crippen LogP contribution is -2.37. The summed E-state index contributed by atoms with van der Waals surface area (Å²) in [4.78, 5) is 34.9. The maximum atomic E-state index is 13.9. The molecule has 0 unspecified atom stereocenters. The van der Waals surface area contributed by atoms with Crippen molar-refractivity contribution in [2.24, 2.45) is 0 Å². The van der Waals surface area contributed by atoms with Crippen LogP contribution >= 0.6 is 11.3 Å². The molecule has 1 N–H and O–H groups in total. The van der Waals surface area contributed by atoms with Gasteiger partial charge < -0.3 is 19.2 Å². The van der Waals surface area contributed by atoms with Gasteiger partial charge in [0.15, 0.2) is 0 Å². The molecule has 0 aliphatic heterocycles. The van der Waals surface area contributed by atoms with E-state index in [1.165, 1.54) is 11.2 Å². The second kappa shape index (κ2) is 9.55. The van der Waals surface area contributed by atoms with Crippen molar-refractivity contribution in [3.63, 3.8) is 0 Å². The zero-order valence-electron chi connectivity index (χ0n) is 19.1. The largest absolute Gasteiger partial charge is 0.467 e. The van der Waals surface area contributed by atoms with E-state index in [2.05, 4.69) is 15.5 Å². The van der Waals surface area contributed by atoms with Crippen LogP contribution < -0.4 is 5.32 Å². The summed E-state index contributed by atoms with van der Waals surface area (Å²) >= 11 is 1.57. The molecule has 9 heteroatoms. The number of carbonyl (C=O) groups is 2. The predicted molar refractivity (Wildman–Crippen MR) is 133 cm³/mol. The number of anilines is 1. The Hall–Kier alpha value is -4.24. The normalized spacial score (nSPS) is 11.0. The van der Waals surface area contributed by atoms with E-state index in [9.17, 15) is 9.59 Å². The highest BCUT2D eigenvalue weighted by Gasteiger charge is 2.26. The molecule has 0 atom stereocenters. The highest BCUT2D eigenvalue weighted by atomic mass is 32.1. The van der Waals surface area contributed by atoms with Gasteiger partial charge in [-0.2, -0.15) is 0 Å². The van der Waals surface area contributed by atoms with Crippen LogP contribution in [0.1, 0.15) is 26.7 Å². The van der Waals surface area contributed by atoms with Gasteiger partial charge in [-0.05, 0) is 56.3 Å². The molecule has 0 aliphatic rings. The van der Waals surface area contributed by atoms with Crippen LogP contribution in [0.2, 0.25) is 0 Å². The van der Waals surface area contributed by atoms with Crippen molar-refractivity contribution in [2.45, 2.75) is 20.4 Å². The third-order valence-electron chi connectivity index (χ3n) is 5.45. The fourth-order valence-corrected chi connectivity index (χ4v) is 4.65. The molecule has 35 heavy (non-hydrogen) atoms. The van der Waals surface area contributed by atoms with Gasteiger partial charge in [0.25, 0.3) is 11.6 Å². The molecule has 4 aromatic heterocycles. The first kappa shape index (κ1) is 22.5. The van der Waals surface area contributed by atoms with E-state index in [1.807, 2.05) is 37.3 Å². The zero-order valence-corrected chi connectivity index (χ0v) is 20.0. The van der Waals surface area contributed by atoms with E-state index in [-0.39, 0.29) is 30.6 Å². The summed E-state index contributed by atoms with van der Waals surface area (Å²) in [5.74, 6) is -0.109. The van der Waals surface area contributed by atoms with E-state index in [0.717, 1.165) is 9.75 Å². The molecule has 2 amide bonds. The third-order valence-corrected chi connectivity index (χ3v) is 6.47. The molecular formula is C26H22N4O4S. The summed E-state index contributed by atoms with van der Waals surface area (Å²) < 4.78 is 10.9. The molecule has 0 bridgehead atoms. The van der Waals surface area contributed by atoms with Crippen molar-refractivity contribution < 1.29 is 18.5 Å². The number of carbonyl (C=O) groups excluding carboxylic acids is 2. The number of pyridine rings is 1. The van der Waals surface area contributed by atoms with E-state index in [4.69, 9.17) is 8.94 Å². The van der Waals surface area contributed by atoms with Crippen molar-refractivity contribution in [3.05, 3.63) is 88.8 Å². The predicted octanol–water partition coefficient (Wildman–Crippen LogP) is 5.44. The number of benzene rings is 1. The van der Waals surface area contributed by atoms with E-state index in [0.29, 0.717) is 33.8 Å². The Balaban J connectivity index is 1.52. The highest BCUT2D eigenvalue weighted by Crippen LogP contribution is 2.31. The van der Waals surface area contributed by atoms with Crippen molar-refractivity contribution in [1.82, 2.24) is 15.0 Å². The number of amides is 2. The van der Waals surface area contributed by atoms with Crippen LogP contribution in [0.3, 0.4) is 0 Å². The van der Waals surface area contributed by atoms with Gasteiger partial charge in [0, 0.05) is 10.6 Å². The number of thiophene rings is 1. The molecule has 5 rings (SSSR count). The van der Waals surface area contributed by atoms with Crippen LogP contribution in [-0.2, 0) is 11.3 Å². The number of furan rings is 1. The minimum atomic E-state index is -0.349. The molecular weight excluding hydrogens is 464 g/mol. The van der Waals surface area contributed by atoms with Gasteiger partial charge in [0.05, 0.1) is 40.0 Å². The van der Waals surface area contributed by atoms with E-state index >= 15 is 0 Å². The monoisotopic (exact) mass is 486 g/mol. The van der Waals surface area contributed by atoms with Gasteiger partial charge in [-0.25, -0.2) is 4.98 Å². The van der Waals surface area contributed by atoms with Crippen molar-refractivity contribution >= 4 is 39.9 Å². The van der Waals surface area contributed by atoms with Gasteiger partial charge >= 0.3 is 0 Å². The number of aryl methyl sites for hydroxylation is 2. The molecule has 8 nitrogen and oxygen atoms in total. The maximum absolute atomic E-state index is 13.9. The van der Waals surface area contributed by atoms with Crippen LogP contribution in [0.15, 0.2) is 75.9 Å². The van der Waals surface area contributed by atoms with Crippen molar-refractivity contribution in [3.8, 4) is 10.6 Å². The maximum Gasteiger partial charge on any atom is 0.259 e. The average molecular weight is 487 g/mol. The molecule has 0 fully saturated rings. The number of fused-ring (bicyclic) bond motifs is 1. The quantitative estimate of drug-likeness (QED) is 0.329. The summed E-state index contributed by atoms with van der Waals surface area (Å²) in [5, 5.41) is 7.39. The van der Waals surface area contributed by atoms with Gasteiger partial charge in [-0.3, -0.25) is 9.59 Å². The first-order chi connectivity index (χ1) is 17.0. The fraction of sp³-hybridized carbons (Fsp3) is 0.154. The molecule has 0 saturated heterocycles. The topological polar surface area (TPSA) is 101 Å². The molecule has 0 aliphatic carbocycles. The number of para-hydroxylation sites is 1. The van der Waals surface area contributed by atoms with Crippen LogP contribution in [0, 0.1) is 13.8 Å². The summed E-state index contributed by atoms with van der Waals surface area (Å²) in [7, 11) is 0. The molecule has 176 valence electrons. The number of hydrogen-bond donors (Lipinski definition) is 1. The third kappa shape index (κ3) is 4.85. The van der Waals surface area contributed by atoms with Gasteiger partial charge in [-0.1, -0.05) is 23.4 Å². The summed E-state index contributed by atoms with van der Waals surface area (Å²) in [6.45, 7) is 3.72. The zero-order chi connectivity index (χ0) is 24.4. The summed E-state index contributed by atoms with van der Waals surface area (Å²) in [5.41, 5.74) is 2.47. The molecule has 0 radical (unpaired) electrons. The Morgan fingerprint density at radius 1 is 1.06 bits per heavy atom. The summed E-state index contributed by atoms with van der Waals surface area (Å²) in [6, 6.07) is 18.3. The lowest BCUT2D eigenvalue weighted by molar-refractivity contribution is -0.117. The second-order valence-corrected chi connectivity index (χ2v) is 9.36. The molecule has 0 saturated carbocycles. The number of nitrogens with zero attached hydrogens (tertiary/aromatic N) is 3. The number of aromatic nitrogens is 2. The highest BCUT2D eigenvalue weighted by molar-refractivity contribution is 7.15. The smallest absolute Gasteiger partial charge is 0.259 e. The minimum Gasteiger partial charge on any atom is -0.467 e. The van der Waals surface area contributed by atoms with Crippen LogP contribution in [0.5, 0.6) is 0 Å². The Morgan fingerprint density at radius 3 is 2.60 bits per heavy atom. The first-order valence-electron chi connectivity index (χ1n) is 11.0. The summed E-state index contributed by atoms with van der Waals surface area (Å²) in [6.07, 6.45) is 1.54. The standard InChI is InChI=1S/C26H22N4O4S/c1-16-10-11-22(35-16)21-13-20(24-17(2)29-34-25(24)28-21)26(32)30(14-19-9-6-12-33-19)15-23(31)27-18-7-4-3-5-8-18/h3-13H,14-15H2,1-2H3,(H,27,31). The lowest BCUT2D eigenvalue weighted by Gasteiger charge is -2.22.